The van der Waals surface area contributed by atoms with Gasteiger partial charge in [0.2, 0.25) is 6.41 Å². The lowest BCUT2D eigenvalue weighted by Crippen LogP contribution is -1.99. The topological polar surface area (TPSA) is 66.4 Å². The summed E-state index contributed by atoms with van der Waals surface area (Å²) in [5.74, 6) is -1.00. The predicted molar refractivity (Wildman–Crippen MR) is 50.8 cm³/mol. The van der Waals surface area contributed by atoms with Crippen molar-refractivity contribution in [1.29, 1.82) is 0 Å². The molecule has 0 atom stereocenters. The van der Waals surface area contributed by atoms with Crippen molar-refractivity contribution >= 4 is 34.0 Å². The van der Waals surface area contributed by atoms with Crippen LogP contribution in [0.1, 0.15) is 10.4 Å². The lowest BCUT2D eigenvalue weighted by Gasteiger charge is -2.02. The summed E-state index contributed by atoms with van der Waals surface area (Å²) in [4.78, 5) is 20.6. The van der Waals surface area contributed by atoms with Crippen molar-refractivity contribution in [1.82, 2.24) is 0 Å². The molecule has 0 spiro atoms. The van der Waals surface area contributed by atoms with E-state index in [0.717, 1.165) is 0 Å². The summed E-state index contributed by atoms with van der Waals surface area (Å²) in [6.45, 7) is 0. The summed E-state index contributed by atoms with van der Waals surface area (Å²) >= 11 is 3.13. The zero-order valence-electron chi connectivity index (χ0n) is 6.45. The highest BCUT2D eigenvalue weighted by atomic mass is 79.9. The van der Waals surface area contributed by atoms with Gasteiger partial charge < -0.3 is 10.4 Å². The maximum Gasteiger partial charge on any atom is 0.335 e. The van der Waals surface area contributed by atoms with Crippen LogP contribution in [-0.2, 0) is 4.79 Å². The summed E-state index contributed by atoms with van der Waals surface area (Å²) in [6, 6.07) is 4.36. The molecule has 0 heterocycles. The molecule has 2 N–H and O–H groups in total. The lowest BCUT2D eigenvalue weighted by atomic mass is 10.2. The summed E-state index contributed by atoms with van der Waals surface area (Å²) in [5, 5.41) is 11.0. The van der Waals surface area contributed by atoms with Crippen LogP contribution in [-0.4, -0.2) is 17.5 Å². The molecular weight excluding hydrogens is 238 g/mol. The van der Waals surface area contributed by atoms with E-state index >= 15 is 0 Å². The van der Waals surface area contributed by atoms with Crippen LogP contribution in [0.4, 0.5) is 5.69 Å². The van der Waals surface area contributed by atoms with Crippen molar-refractivity contribution in [3.63, 3.8) is 0 Å². The average molecular weight is 244 g/mol. The van der Waals surface area contributed by atoms with Gasteiger partial charge in [-0.3, -0.25) is 4.79 Å². The monoisotopic (exact) mass is 243 g/mol. The third-order valence-electron chi connectivity index (χ3n) is 1.43. The second kappa shape index (κ2) is 4.04. The Hall–Kier alpha value is -1.36. The second-order valence-corrected chi connectivity index (χ2v) is 3.12. The highest BCUT2D eigenvalue weighted by molar-refractivity contribution is 9.10. The Morgan fingerprint density at radius 2 is 2.23 bits per heavy atom. The molecule has 68 valence electrons. The smallest absolute Gasteiger partial charge is 0.335 e. The molecule has 5 heteroatoms. The van der Waals surface area contributed by atoms with E-state index in [1.165, 1.54) is 18.2 Å². The fourth-order valence-corrected chi connectivity index (χ4v) is 1.32. The zero-order chi connectivity index (χ0) is 9.84. The molecule has 0 saturated heterocycles. The number of benzene rings is 1. The van der Waals surface area contributed by atoms with E-state index in [2.05, 4.69) is 21.2 Å². The Kier molecular flexibility index (Phi) is 3.02. The molecule has 13 heavy (non-hydrogen) atoms. The molecule has 0 saturated carbocycles. The Bertz CT molecular complexity index is 351. The van der Waals surface area contributed by atoms with Crippen LogP contribution >= 0.6 is 15.9 Å². The fourth-order valence-electron chi connectivity index (χ4n) is 0.829. The predicted octanol–water partition coefficient (Wildman–Crippen LogP) is 1.72. The largest absolute Gasteiger partial charge is 0.478 e. The first kappa shape index (κ1) is 9.73. The van der Waals surface area contributed by atoms with Gasteiger partial charge >= 0.3 is 5.97 Å². The standard InChI is InChI=1S/C8H6BrNO3/c9-6-3-5(8(12)13)1-2-7(6)10-4-11/h1-4H,(H,10,11)(H,12,13). The van der Waals surface area contributed by atoms with Crippen molar-refractivity contribution in [2.45, 2.75) is 0 Å². The number of hydrogen-bond acceptors (Lipinski definition) is 2. The van der Waals surface area contributed by atoms with Gasteiger partial charge in [0.15, 0.2) is 0 Å². The number of halogens is 1. The quantitative estimate of drug-likeness (QED) is 0.795. The van der Waals surface area contributed by atoms with Gasteiger partial charge in [-0.2, -0.15) is 0 Å². The van der Waals surface area contributed by atoms with Crippen molar-refractivity contribution < 1.29 is 14.7 Å². The number of hydrogen-bond donors (Lipinski definition) is 2. The summed E-state index contributed by atoms with van der Waals surface area (Å²) < 4.78 is 0.541. The number of anilines is 1. The number of carbonyl (C=O) groups is 2. The first-order chi connectivity index (χ1) is 6.15. The maximum atomic E-state index is 10.5. The van der Waals surface area contributed by atoms with Crippen LogP contribution < -0.4 is 5.32 Å². The number of amides is 1. The molecule has 0 unspecified atom stereocenters. The van der Waals surface area contributed by atoms with Gasteiger partial charge in [0, 0.05) is 4.47 Å². The molecule has 0 aliphatic carbocycles. The molecule has 1 amide bonds. The highest BCUT2D eigenvalue weighted by Crippen LogP contribution is 2.22. The molecular formula is C8H6BrNO3. The summed E-state index contributed by atoms with van der Waals surface area (Å²) in [7, 11) is 0. The molecule has 1 aromatic carbocycles. The van der Waals surface area contributed by atoms with E-state index in [-0.39, 0.29) is 5.56 Å². The average Bonchev–Trinajstić information content (AvgIpc) is 2.08. The Balaban J connectivity index is 3.04. The molecule has 0 radical (unpaired) electrons. The SMILES string of the molecule is O=CNc1ccc(C(=O)O)cc1Br. The third kappa shape index (κ3) is 2.29. The zero-order valence-corrected chi connectivity index (χ0v) is 8.04. The highest BCUT2D eigenvalue weighted by Gasteiger charge is 2.05. The van der Waals surface area contributed by atoms with E-state index in [0.29, 0.717) is 16.6 Å². The minimum atomic E-state index is -1.00. The van der Waals surface area contributed by atoms with E-state index in [1.54, 1.807) is 0 Å². The number of carboxylic acids is 1. The van der Waals surface area contributed by atoms with E-state index < -0.39 is 5.97 Å². The third-order valence-corrected chi connectivity index (χ3v) is 2.09. The van der Waals surface area contributed by atoms with Crippen LogP contribution in [0.15, 0.2) is 22.7 Å². The Morgan fingerprint density at radius 1 is 1.54 bits per heavy atom. The van der Waals surface area contributed by atoms with Gasteiger partial charge in [0.1, 0.15) is 0 Å². The number of aromatic carboxylic acids is 1. The van der Waals surface area contributed by atoms with Gasteiger partial charge in [-0.15, -0.1) is 0 Å². The minimum absolute atomic E-state index is 0.170. The Morgan fingerprint density at radius 3 is 2.69 bits per heavy atom. The van der Waals surface area contributed by atoms with Crippen molar-refractivity contribution in [3.8, 4) is 0 Å². The van der Waals surface area contributed by atoms with Gasteiger partial charge in [-0.05, 0) is 34.1 Å². The molecule has 0 aliphatic rings. The minimum Gasteiger partial charge on any atom is -0.478 e. The first-order valence-corrected chi connectivity index (χ1v) is 4.17. The van der Waals surface area contributed by atoms with Gasteiger partial charge in [-0.1, -0.05) is 0 Å². The number of rotatable bonds is 3. The molecule has 1 rings (SSSR count). The van der Waals surface area contributed by atoms with Crippen molar-refractivity contribution in [2.24, 2.45) is 0 Å². The molecule has 4 nitrogen and oxygen atoms in total. The molecule has 0 aromatic heterocycles. The van der Waals surface area contributed by atoms with Gasteiger partial charge in [-0.25, -0.2) is 4.79 Å². The normalized spacial score (nSPS) is 9.31. The lowest BCUT2D eigenvalue weighted by molar-refractivity contribution is -0.105. The van der Waals surface area contributed by atoms with E-state index in [1.807, 2.05) is 0 Å². The first-order valence-electron chi connectivity index (χ1n) is 3.38. The fraction of sp³-hybridized carbons (Fsp3) is 0. The van der Waals surface area contributed by atoms with Gasteiger partial charge in [0.05, 0.1) is 11.3 Å². The Labute approximate surface area is 82.7 Å². The molecule has 0 bridgehead atoms. The number of carbonyl (C=O) groups excluding carboxylic acids is 1. The van der Waals surface area contributed by atoms with Crippen LogP contribution in [0.5, 0.6) is 0 Å². The summed E-state index contributed by atoms with van der Waals surface area (Å²) in [6.07, 6.45) is 0.528. The maximum absolute atomic E-state index is 10.5. The van der Waals surface area contributed by atoms with Crippen LogP contribution in [0.2, 0.25) is 0 Å². The van der Waals surface area contributed by atoms with Crippen LogP contribution in [0.3, 0.4) is 0 Å². The molecule has 0 aliphatic heterocycles. The van der Waals surface area contributed by atoms with Crippen LogP contribution in [0, 0.1) is 0 Å². The van der Waals surface area contributed by atoms with Crippen molar-refractivity contribution in [3.05, 3.63) is 28.2 Å². The van der Waals surface area contributed by atoms with E-state index in [9.17, 15) is 9.59 Å². The second-order valence-electron chi connectivity index (χ2n) is 2.26. The van der Waals surface area contributed by atoms with Crippen LogP contribution in [0.25, 0.3) is 0 Å². The van der Waals surface area contributed by atoms with Gasteiger partial charge in [0.25, 0.3) is 0 Å². The number of carboxylic acid groups (broad SMARTS) is 1. The molecule has 1 aromatic rings. The number of nitrogens with one attached hydrogen (secondary N) is 1. The van der Waals surface area contributed by atoms with Crippen molar-refractivity contribution in [2.75, 3.05) is 5.32 Å². The van der Waals surface area contributed by atoms with E-state index in [4.69, 9.17) is 5.11 Å². The molecule has 0 fully saturated rings. The summed E-state index contributed by atoms with van der Waals surface area (Å²) in [5.41, 5.74) is 0.711.